The van der Waals surface area contributed by atoms with Crippen molar-refractivity contribution in [1.29, 1.82) is 0 Å². The molecule has 22 heavy (non-hydrogen) atoms. The Bertz CT molecular complexity index is 630. The molecule has 1 amide bonds. The number of nitrogens with one attached hydrogen (secondary N) is 2. The molecule has 0 saturated carbocycles. The molecule has 0 aromatic heterocycles. The van der Waals surface area contributed by atoms with Crippen LogP contribution in [0.25, 0.3) is 0 Å². The van der Waals surface area contributed by atoms with Gasteiger partial charge in [0.15, 0.2) is 0 Å². The summed E-state index contributed by atoms with van der Waals surface area (Å²) < 4.78 is 5.10. The molecule has 0 radical (unpaired) electrons. The molecular formula is C18H22N2O2. The second kappa shape index (κ2) is 6.98. The van der Waals surface area contributed by atoms with E-state index in [1.165, 1.54) is 11.1 Å². The summed E-state index contributed by atoms with van der Waals surface area (Å²) in [5.74, 6) is 0.684. The first-order valence-electron chi connectivity index (χ1n) is 7.27. The van der Waals surface area contributed by atoms with Crippen molar-refractivity contribution in [1.82, 2.24) is 0 Å². The lowest BCUT2D eigenvalue weighted by molar-refractivity contribution is -0.116. The molecule has 4 heteroatoms. The number of anilines is 2. The monoisotopic (exact) mass is 298 g/mol. The largest absolute Gasteiger partial charge is 0.497 e. The first kappa shape index (κ1) is 15.9. The maximum absolute atomic E-state index is 12.2. The van der Waals surface area contributed by atoms with Crippen molar-refractivity contribution in [2.24, 2.45) is 0 Å². The van der Waals surface area contributed by atoms with Gasteiger partial charge >= 0.3 is 0 Å². The second-order valence-corrected chi connectivity index (χ2v) is 5.46. The number of hydrogen-bond acceptors (Lipinski definition) is 3. The minimum absolute atomic E-state index is 0.0793. The molecule has 2 aromatic carbocycles. The third-order valence-corrected chi connectivity index (χ3v) is 3.36. The van der Waals surface area contributed by atoms with Crippen molar-refractivity contribution in [2.75, 3.05) is 17.7 Å². The quantitative estimate of drug-likeness (QED) is 0.884. The standard InChI is InChI=1S/C18H22N2O2/c1-12-9-13(2)11-16(10-12)19-14(3)18(21)20-15-5-7-17(22-4)8-6-15/h5-11,14,19H,1-4H3,(H,20,21). The zero-order chi connectivity index (χ0) is 16.1. The Labute approximate surface area is 131 Å². The maximum atomic E-state index is 12.2. The fourth-order valence-electron chi connectivity index (χ4n) is 2.30. The molecule has 0 fully saturated rings. The van der Waals surface area contributed by atoms with Crippen molar-refractivity contribution in [2.45, 2.75) is 26.8 Å². The lowest BCUT2D eigenvalue weighted by atomic mass is 10.1. The van der Waals surface area contributed by atoms with Crippen LogP contribution in [0.3, 0.4) is 0 Å². The van der Waals surface area contributed by atoms with Crippen LogP contribution in [0.15, 0.2) is 42.5 Å². The van der Waals surface area contributed by atoms with E-state index in [0.29, 0.717) is 0 Å². The lowest BCUT2D eigenvalue weighted by Gasteiger charge is -2.16. The molecule has 2 aromatic rings. The van der Waals surface area contributed by atoms with Gasteiger partial charge in [-0.15, -0.1) is 0 Å². The molecule has 116 valence electrons. The van der Waals surface area contributed by atoms with Gasteiger partial charge < -0.3 is 15.4 Å². The van der Waals surface area contributed by atoms with Crippen LogP contribution >= 0.6 is 0 Å². The molecule has 0 aliphatic carbocycles. The summed E-state index contributed by atoms with van der Waals surface area (Å²) in [5.41, 5.74) is 4.05. The number of rotatable bonds is 5. The summed E-state index contributed by atoms with van der Waals surface area (Å²) in [7, 11) is 1.61. The number of methoxy groups -OCH3 is 1. The Balaban J connectivity index is 1.99. The topological polar surface area (TPSA) is 50.4 Å². The van der Waals surface area contributed by atoms with E-state index < -0.39 is 0 Å². The van der Waals surface area contributed by atoms with E-state index >= 15 is 0 Å². The van der Waals surface area contributed by atoms with Gasteiger partial charge in [0.2, 0.25) is 5.91 Å². The van der Waals surface area contributed by atoms with Gasteiger partial charge in [0.05, 0.1) is 7.11 Å². The average molecular weight is 298 g/mol. The van der Waals surface area contributed by atoms with E-state index in [1.54, 1.807) is 7.11 Å². The van der Waals surface area contributed by atoms with Crippen molar-refractivity contribution < 1.29 is 9.53 Å². The third kappa shape index (κ3) is 4.25. The van der Waals surface area contributed by atoms with Crippen LogP contribution in [-0.2, 0) is 4.79 Å². The SMILES string of the molecule is COc1ccc(NC(=O)C(C)Nc2cc(C)cc(C)c2)cc1. The number of hydrogen-bond donors (Lipinski definition) is 2. The summed E-state index contributed by atoms with van der Waals surface area (Å²) >= 11 is 0. The van der Waals surface area contributed by atoms with E-state index in [9.17, 15) is 4.79 Å². The Morgan fingerprint density at radius 1 is 1.00 bits per heavy atom. The second-order valence-electron chi connectivity index (χ2n) is 5.46. The normalized spacial score (nSPS) is 11.6. The number of carbonyl (C=O) groups excluding carboxylic acids is 1. The molecule has 0 aliphatic rings. The van der Waals surface area contributed by atoms with Crippen molar-refractivity contribution in [3.05, 3.63) is 53.6 Å². The highest BCUT2D eigenvalue weighted by Gasteiger charge is 2.13. The summed E-state index contributed by atoms with van der Waals surface area (Å²) in [6.45, 7) is 5.93. The van der Waals surface area contributed by atoms with Crippen molar-refractivity contribution in [3.8, 4) is 5.75 Å². The summed E-state index contributed by atoms with van der Waals surface area (Å²) in [6, 6.07) is 13.1. The number of aryl methyl sites for hydroxylation is 2. The van der Waals surface area contributed by atoms with Gasteiger partial charge in [-0.2, -0.15) is 0 Å². The highest BCUT2D eigenvalue weighted by Crippen LogP contribution is 2.17. The first-order chi connectivity index (χ1) is 10.5. The lowest BCUT2D eigenvalue weighted by Crippen LogP contribution is -2.31. The van der Waals surface area contributed by atoms with Crippen LogP contribution in [0.1, 0.15) is 18.1 Å². The average Bonchev–Trinajstić information content (AvgIpc) is 2.46. The van der Waals surface area contributed by atoms with Gasteiger partial charge in [0, 0.05) is 11.4 Å². The maximum Gasteiger partial charge on any atom is 0.246 e. The minimum Gasteiger partial charge on any atom is -0.497 e. The number of ether oxygens (including phenoxy) is 1. The number of carbonyl (C=O) groups is 1. The summed E-state index contributed by atoms with van der Waals surface area (Å²) in [5, 5.41) is 6.11. The predicted molar refractivity (Wildman–Crippen MR) is 90.6 cm³/mol. The minimum atomic E-state index is -0.330. The van der Waals surface area contributed by atoms with Gasteiger partial charge in [0.25, 0.3) is 0 Å². The highest BCUT2D eigenvalue weighted by atomic mass is 16.5. The zero-order valence-corrected chi connectivity index (χ0v) is 13.4. The molecule has 0 saturated heterocycles. The van der Waals surface area contributed by atoms with E-state index in [1.807, 2.05) is 57.2 Å². The van der Waals surface area contributed by atoms with Gasteiger partial charge in [-0.05, 0) is 68.3 Å². The van der Waals surface area contributed by atoms with Gasteiger partial charge in [-0.1, -0.05) is 6.07 Å². The first-order valence-corrected chi connectivity index (χ1v) is 7.27. The highest BCUT2D eigenvalue weighted by molar-refractivity contribution is 5.96. The van der Waals surface area contributed by atoms with E-state index in [0.717, 1.165) is 17.1 Å². The van der Waals surface area contributed by atoms with E-state index in [-0.39, 0.29) is 11.9 Å². The molecule has 2 N–H and O–H groups in total. The van der Waals surface area contributed by atoms with E-state index in [4.69, 9.17) is 4.74 Å². The number of benzene rings is 2. The zero-order valence-electron chi connectivity index (χ0n) is 13.4. The Hall–Kier alpha value is -2.49. The van der Waals surface area contributed by atoms with Gasteiger partial charge in [0.1, 0.15) is 11.8 Å². The fraction of sp³-hybridized carbons (Fsp3) is 0.278. The molecule has 1 unspecified atom stereocenters. The molecular weight excluding hydrogens is 276 g/mol. The Morgan fingerprint density at radius 2 is 1.59 bits per heavy atom. The Morgan fingerprint density at radius 3 is 2.14 bits per heavy atom. The third-order valence-electron chi connectivity index (χ3n) is 3.36. The molecule has 0 bridgehead atoms. The predicted octanol–water partition coefficient (Wildman–Crippen LogP) is 3.75. The molecule has 4 nitrogen and oxygen atoms in total. The van der Waals surface area contributed by atoms with Crippen LogP contribution in [0.4, 0.5) is 11.4 Å². The molecule has 1 atom stereocenters. The van der Waals surface area contributed by atoms with Crippen LogP contribution in [0, 0.1) is 13.8 Å². The summed E-state index contributed by atoms with van der Waals surface area (Å²) in [4.78, 5) is 12.2. The van der Waals surface area contributed by atoms with Gasteiger partial charge in [-0.3, -0.25) is 4.79 Å². The van der Waals surface area contributed by atoms with Gasteiger partial charge in [-0.25, -0.2) is 0 Å². The summed E-state index contributed by atoms with van der Waals surface area (Å²) in [6.07, 6.45) is 0. The Kier molecular flexibility index (Phi) is 5.04. The van der Waals surface area contributed by atoms with Crippen molar-refractivity contribution in [3.63, 3.8) is 0 Å². The number of amides is 1. The smallest absolute Gasteiger partial charge is 0.246 e. The van der Waals surface area contributed by atoms with E-state index in [2.05, 4.69) is 16.7 Å². The van der Waals surface area contributed by atoms with Crippen LogP contribution in [-0.4, -0.2) is 19.1 Å². The molecule has 2 rings (SSSR count). The van der Waals surface area contributed by atoms with Crippen LogP contribution < -0.4 is 15.4 Å². The molecule has 0 heterocycles. The van der Waals surface area contributed by atoms with Crippen LogP contribution in [0.2, 0.25) is 0 Å². The molecule has 0 spiro atoms. The molecule has 0 aliphatic heterocycles. The van der Waals surface area contributed by atoms with Crippen molar-refractivity contribution >= 4 is 17.3 Å². The fourth-order valence-corrected chi connectivity index (χ4v) is 2.30. The van der Waals surface area contributed by atoms with Crippen LogP contribution in [0.5, 0.6) is 5.75 Å².